The first kappa shape index (κ1) is 9.70. The van der Waals surface area contributed by atoms with Crippen LogP contribution in [0.4, 0.5) is 0 Å². The first-order chi connectivity index (χ1) is 6.85. The number of nitrogens with zero attached hydrogens (tertiary/aromatic N) is 1. The molecule has 1 aromatic rings. The molecule has 1 saturated heterocycles. The largest absolute Gasteiger partial charge is 0.380 e. The van der Waals surface area contributed by atoms with Crippen LogP contribution in [0.25, 0.3) is 0 Å². The predicted molar refractivity (Wildman–Crippen MR) is 56.1 cm³/mol. The molecule has 1 aromatic heterocycles. The molecule has 0 spiro atoms. The molecule has 74 valence electrons. The molecule has 0 bridgehead atoms. The quantitative estimate of drug-likeness (QED) is 0.746. The first-order valence-electron chi connectivity index (χ1n) is 4.85. The maximum atomic E-state index is 9.21. The molecular weight excluding hydrogens is 194 g/mol. The fourth-order valence-corrected chi connectivity index (χ4v) is 2.57. The fourth-order valence-electron chi connectivity index (χ4n) is 1.90. The third-order valence-electron chi connectivity index (χ3n) is 2.68. The van der Waals surface area contributed by atoms with E-state index in [2.05, 4.69) is 22.9 Å². The summed E-state index contributed by atoms with van der Waals surface area (Å²) in [5.41, 5.74) is 1.00. The molecule has 0 radical (unpaired) electrons. The van der Waals surface area contributed by atoms with Crippen LogP contribution < -0.4 is 0 Å². The number of hydrogen-bond donors (Lipinski definition) is 0. The van der Waals surface area contributed by atoms with Crippen molar-refractivity contribution in [1.82, 2.24) is 0 Å². The summed E-state index contributed by atoms with van der Waals surface area (Å²) < 4.78 is 5.41. The van der Waals surface area contributed by atoms with E-state index in [0.29, 0.717) is 6.61 Å². The van der Waals surface area contributed by atoms with Crippen LogP contribution in [-0.2, 0) is 11.2 Å². The summed E-state index contributed by atoms with van der Waals surface area (Å²) in [6, 6.07) is 4.53. The van der Waals surface area contributed by atoms with Gasteiger partial charge in [0.25, 0.3) is 0 Å². The summed E-state index contributed by atoms with van der Waals surface area (Å²) >= 11 is 1.69. The van der Waals surface area contributed by atoms with Gasteiger partial charge in [-0.1, -0.05) is 0 Å². The van der Waals surface area contributed by atoms with Gasteiger partial charge in [-0.2, -0.15) is 16.6 Å². The molecule has 0 amide bonds. The molecule has 1 aliphatic rings. The highest BCUT2D eigenvalue weighted by atomic mass is 32.1. The van der Waals surface area contributed by atoms with Crippen LogP contribution in [-0.4, -0.2) is 13.2 Å². The second-order valence-electron chi connectivity index (χ2n) is 3.86. The number of thiophene rings is 1. The van der Waals surface area contributed by atoms with Gasteiger partial charge in [0.1, 0.15) is 0 Å². The Hall–Kier alpha value is -0.850. The van der Waals surface area contributed by atoms with Gasteiger partial charge in [0.2, 0.25) is 0 Å². The molecule has 0 saturated carbocycles. The highest BCUT2D eigenvalue weighted by Crippen LogP contribution is 2.32. The lowest BCUT2D eigenvalue weighted by molar-refractivity contribution is 0.0224. The summed E-state index contributed by atoms with van der Waals surface area (Å²) in [4.78, 5) is 0. The highest BCUT2D eigenvalue weighted by molar-refractivity contribution is 7.07. The van der Waals surface area contributed by atoms with Gasteiger partial charge in [-0.05, 0) is 41.7 Å². The lowest BCUT2D eigenvalue weighted by Gasteiger charge is -2.30. The normalized spacial score (nSPS) is 27.1. The second-order valence-corrected chi connectivity index (χ2v) is 4.64. The predicted octanol–water partition coefficient (Wildman–Crippen LogP) is 2.61. The van der Waals surface area contributed by atoms with Crippen LogP contribution in [0.2, 0.25) is 0 Å². The molecule has 2 rings (SSSR count). The van der Waals surface area contributed by atoms with Gasteiger partial charge >= 0.3 is 0 Å². The number of ether oxygens (including phenoxy) is 1. The van der Waals surface area contributed by atoms with Crippen LogP contribution in [0.5, 0.6) is 0 Å². The zero-order valence-corrected chi connectivity index (χ0v) is 8.85. The number of nitriles is 1. The van der Waals surface area contributed by atoms with E-state index in [1.807, 2.05) is 0 Å². The summed E-state index contributed by atoms with van der Waals surface area (Å²) in [6.07, 6.45) is 2.82. The van der Waals surface area contributed by atoms with Crippen molar-refractivity contribution in [2.75, 3.05) is 13.2 Å². The van der Waals surface area contributed by atoms with Gasteiger partial charge in [0.05, 0.1) is 18.1 Å². The van der Waals surface area contributed by atoms with Gasteiger partial charge in [-0.15, -0.1) is 0 Å². The van der Waals surface area contributed by atoms with Gasteiger partial charge in [0, 0.05) is 6.61 Å². The molecule has 0 N–H and O–H groups in total. The molecular formula is C11H13NOS. The van der Waals surface area contributed by atoms with Crippen molar-refractivity contribution in [1.29, 1.82) is 5.26 Å². The lowest BCUT2D eigenvalue weighted by Crippen LogP contribution is -2.32. The highest BCUT2D eigenvalue weighted by Gasteiger charge is 2.33. The summed E-state index contributed by atoms with van der Waals surface area (Å²) in [6.45, 7) is 1.41. The van der Waals surface area contributed by atoms with Gasteiger partial charge in [0.15, 0.2) is 0 Å². The minimum atomic E-state index is -0.265. The van der Waals surface area contributed by atoms with E-state index in [-0.39, 0.29) is 5.41 Å². The molecule has 0 aliphatic carbocycles. The molecule has 3 heteroatoms. The van der Waals surface area contributed by atoms with Crippen LogP contribution in [0.1, 0.15) is 18.4 Å². The Morgan fingerprint density at radius 2 is 2.57 bits per heavy atom. The zero-order valence-electron chi connectivity index (χ0n) is 8.03. The van der Waals surface area contributed by atoms with E-state index in [1.54, 1.807) is 11.3 Å². The average Bonchev–Trinajstić information content (AvgIpc) is 2.72. The second kappa shape index (κ2) is 4.12. The molecule has 1 atom stereocenters. The van der Waals surface area contributed by atoms with Gasteiger partial charge < -0.3 is 4.74 Å². The Labute approximate surface area is 88.1 Å². The summed E-state index contributed by atoms with van der Waals surface area (Å²) in [7, 11) is 0. The SMILES string of the molecule is N#CC1(Cc2ccsc2)CCCOC1. The van der Waals surface area contributed by atoms with Crippen molar-refractivity contribution in [2.24, 2.45) is 5.41 Å². The standard InChI is InChI=1S/C11H13NOS/c12-8-11(3-1-4-13-9-11)6-10-2-5-14-7-10/h2,5,7H,1,3-4,6,9H2. The Morgan fingerprint density at radius 3 is 3.14 bits per heavy atom. The van der Waals surface area contributed by atoms with E-state index in [9.17, 15) is 5.26 Å². The third kappa shape index (κ3) is 1.97. The molecule has 1 aliphatic heterocycles. The van der Waals surface area contributed by atoms with Crippen LogP contribution in [0, 0.1) is 16.7 Å². The van der Waals surface area contributed by atoms with Crippen LogP contribution in [0.15, 0.2) is 16.8 Å². The first-order valence-corrected chi connectivity index (χ1v) is 5.79. The van der Waals surface area contributed by atoms with Crippen molar-refractivity contribution < 1.29 is 4.74 Å². The molecule has 2 heterocycles. The number of hydrogen-bond acceptors (Lipinski definition) is 3. The Kier molecular flexibility index (Phi) is 2.85. The lowest BCUT2D eigenvalue weighted by atomic mass is 9.79. The minimum absolute atomic E-state index is 0.265. The van der Waals surface area contributed by atoms with E-state index in [1.165, 1.54) is 5.56 Å². The van der Waals surface area contributed by atoms with Crippen molar-refractivity contribution in [3.05, 3.63) is 22.4 Å². The fraction of sp³-hybridized carbons (Fsp3) is 0.545. The van der Waals surface area contributed by atoms with E-state index in [4.69, 9.17) is 4.74 Å². The monoisotopic (exact) mass is 207 g/mol. The molecule has 0 aromatic carbocycles. The average molecular weight is 207 g/mol. The molecule has 1 unspecified atom stereocenters. The van der Waals surface area contributed by atoms with Gasteiger partial charge in [-0.25, -0.2) is 0 Å². The summed E-state index contributed by atoms with van der Waals surface area (Å²) in [5.74, 6) is 0. The van der Waals surface area contributed by atoms with Crippen LogP contribution >= 0.6 is 11.3 Å². The maximum absolute atomic E-state index is 9.21. The Balaban J connectivity index is 2.09. The smallest absolute Gasteiger partial charge is 0.0848 e. The van der Waals surface area contributed by atoms with E-state index < -0.39 is 0 Å². The Bertz CT molecular complexity index is 320. The topological polar surface area (TPSA) is 33.0 Å². The van der Waals surface area contributed by atoms with Crippen molar-refractivity contribution in [3.63, 3.8) is 0 Å². The number of rotatable bonds is 2. The van der Waals surface area contributed by atoms with E-state index in [0.717, 1.165) is 25.9 Å². The molecule has 1 fully saturated rings. The molecule has 14 heavy (non-hydrogen) atoms. The van der Waals surface area contributed by atoms with Crippen molar-refractivity contribution in [2.45, 2.75) is 19.3 Å². The molecule has 2 nitrogen and oxygen atoms in total. The Morgan fingerprint density at radius 1 is 1.64 bits per heavy atom. The summed E-state index contributed by atoms with van der Waals surface area (Å²) in [5, 5.41) is 13.4. The maximum Gasteiger partial charge on any atom is 0.0848 e. The van der Waals surface area contributed by atoms with Crippen LogP contribution in [0.3, 0.4) is 0 Å². The zero-order chi connectivity index (χ0) is 9.86. The van der Waals surface area contributed by atoms with E-state index >= 15 is 0 Å². The van der Waals surface area contributed by atoms with Crippen molar-refractivity contribution >= 4 is 11.3 Å². The third-order valence-corrected chi connectivity index (χ3v) is 3.41. The van der Waals surface area contributed by atoms with Gasteiger partial charge in [-0.3, -0.25) is 0 Å². The van der Waals surface area contributed by atoms with Crippen molar-refractivity contribution in [3.8, 4) is 6.07 Å². The minimum Gasteiger partial charge on any atom is -0.380 e.